The summed E-state index contributed by atoms with van der Waals surface area (Å²) < 4.78 is 17.5. The Bertz CT molecular complexity index is 1420. The first-order valence-electron chi connectivity index (χ1n) is 20.7. The third kappa shape index (κ3) is 13.8. The van der Waals surface area contributed by atoms with E-state index >= 15 is 0 Å². The number of nitrogens with zero attached hydrogens (tertiary/aromatic N) is 3. The number of ether oxygens (including phenoxy) is 3. The molecule has 0 aromatic heterocycles. The van der Waals surface area contributed by atoms with Crippen LogP contribution < -0.4 is 16.4 Å². The van der Waals surface area contributed by atoms with Gasteiger partial charge in [0.15, 0.2) is 0 Å². The molecule has 1 aliphatic heterocycles. The molecule has 14 heteroatoms. The van der Waals surface area contributed by atoms with Crippen molar-refractivity contribution in [3.63, 3.8) is 0 Å². The second-order valence-electron chi connectivity index (χ2n) is 16.7. The van der Waals surface area contributed by atoms with Crippen LogP contribution in [-0.4, -0.2) is 141 Å². The van der Waals surface area contributed by atoms with E-state index in [1.165, 1.54) is 7.11 Å². The predicted octanol–water partition coefficient (Wildman–Crippen LogP) is 3.25. The Morgan fingerprint density at radius 2 is 1.53 bits per heavy atom. The molecule has 1 heterocycles. The lowest BCUT2D eigenvalue weighted by molar-refractivity contribution is -0.153. The summed E-state index contributed by atoms with van der Waals surface area (Å²) >= 11 is 0. The van der Waals surface area contributed by atoms with Gasteiger partial charge in [0.25, 0.3) is 0 Å². The topological polar surface area (TPSA) is 173 Å². The van der Waals surface area contributed by atoms with Crippen LogP contribution in [0.2, 0.25) is 0 Å². The molecule has 0 bridgehead atoms. The van der Waals surface area contributed by atoms with E-state index < -0.39 is 66.3 Å². The van der Waals surface area contributed by atoms with Crippen LogP contribution >= 0.6 is 0 Å². The minimum absolute atomic E-state index is 0.00425. The normalized spacial score (nSPS) is 19.2. The Morgan fingerprint density at radius 3 is 2.04 bits per heavy atom. The average molecular weight is 803 g/mol. The summed E-state index contributed by atoms with van der Waals surface area (Å²) in [5, 5.41) is 5.93. The molecule has 1 aromatic carbocycles. The van der Waals surface area contributed by atoms with Crippen molar-refractivity contribution in [2.45, 2.75) is 136 Å². The molecule has 324 valence electrons. The first-order valence-corrected chi connectivity index (χ1v) is 20.7. The highest BCUT2D eigenvalue weighted by Crippen LogP contribution is 2.30. The van der Waals surface area contributed by atoms with Crippen molar-refractivity contribution in [1.29, 1.82) is 0 Å². The van der Waals surface area contributed by atoms with E-state index in [4.69, 9.17) is 19.9 Å². The maximum Gasteiger partial charge on any atom is 0.329 e. The number of likely N-dealkylation sites (tertiary alicyclic amines) is 1. The molecule has 1 fully saturated rings. The third-order valence-electron chi connectivity index (χ3n) is 11.5. The highest BCUT2D eigenvalue weighted by Gasteiger charge is 2.43. The van der Waals surface area contributed by atoms with Crippen LogP contribution in [0.4, 0.5) is 0 Å². The van der Waals surface area contributed by atoms with Crippen LogP contribution in [0.3, 0.4) is 0 Å². The molecule has 0 aliphatic carbocycles. The zero-order valence-electron chi connectivity index (χ0n) is 36.9. The molecule has 3 unspecified atom stereocenters. The Morgan fingerprint density at radius 1 is 0.895 bits per heavy atom. The number of benzene rings is 1. The fraction of sp³-hybridized carbons (Fsp3) is 0.744. The number of carbonyl (C=O) groups is 5. The highest BCUT2D eigenvalue weighted by atomic mass is 16.5. The van der Waals surface area contributed by atoms with E-state index in [2.05, 4.69) is 10.6 Å². The van der Waals surface area contributed by atoms with E-state index in [0.717, 1.165) is 18.4 Å². The minimum atomic E-state index is -0.956. The highest BCUT2D eigenvalue weighted by molar-refractivity contribution is 5.90. The van der Waals surface area contributed by atoms with Gasteiger partial charge in [0.1, 0.15) is 18.2 Å². The van der Waals surface area contributed by atoms with Crippen LogP contribution in [0, 0.1) is 23.7 Å². The number of carbonyl (C=O) groups excluding carboxylic acids is 5. The van der Waals surface area contributed by atoms with E-state index in [-0.39, 0.29) is 54.9 Å². The van der Waals surface area contributed by atoms with Gasteiger partial charge in [-0.25, -0.2) is 4.79 Å². The first kappa shape index (κ1) is 49.6. The third-order valence-corrected chi connectivity index (χ3v) is 11.5. The number of likely N-dealkylation sites (N-methyl/N-ethyl adjacent to an activating group) is 2. The van der Waals surface area contributed by atoms with Gasteiger partial charge in [-0.1, -0.05) is 85.2 Å². The van der Waals surface area contributed by atoms with Gasteiger partial charge in [0.05, 0.1) is 42.7 Å². The Hall–Kier alpha value is -3.59. The summed E-state index contributed by atoms with van der Waals surface area (Å²) in [5.41, 5.74) is 6.56. The zero-order valence-corrected chi connectivity index (χ0v) is 36.9. The number of methoxy groups -OCH3 is 2. The number of hydrogen-bond acceptors (Lipinski definition) is 10. The molecular formula is C43H74N6O8. The van der Waals surface area contributed by atoms with Crippen molar-refractivity contribution < 1.29 is 38.2 Å². The van der Waals surface area contributed by atoms with Crippen molar-refractivity contribution in [2.75, 3.05) is 48.5 Å². The van der Waals surface area contributed by atoms with Crippen molar-refractivity contribution in [1.82, 2.24) is 25.3 Å². The maximum atomic E-state index is 14.3. The van der Waals surface area contributed by atoms with Gasteiger partial charge in [-0.3, -0.25) is 24.1 Å². The Kier molecular flexibility index (Phi) is 20.6. The van der Waals surface area contributed by atoms with Gasteiger partial charge in [-0.15, -0.1) is 0 Å². The number of nitrogens with one attached hydrogen (secondary N) is 2. The molecule has 0 saturated carbocycles. The first-order chi connectivity index (χ1) is 26.8. The second kappa shape index (κ2) is 23.7. The Balaban J connectivity index is 2.31. The van der Waals surface area contributed by atoms with Crippen LogP contribution in [0.5, 0.6) is 0 Å². The number of nitrogens with two attached hydrogens (primary N) is 1. The standard InChI is InChI=1S/C43H74N6O8/c1-14-28(6)38(48(11)42(53)36(26(2)3)46-41(52)37(27(4)5)47(9)10)34(55-12)24-35(50)49-22-18-21-33(49)39(56-13)30(8)40(51)45-32(43(54)57-29(7)25-44)23-31-19-16-15-17-20-31/h15-17,19-20,26-30,32-34,36-39H,14,18,21-25,44H2,1-13H3,(H,45,51)(H,46,52)/t28-,29?,30+,32-,33-,34+,36-,37?,38?,39+/m0/s1. The van der Waals surface area contributed by atoms with Gasteiger partial charge < -0.3 is 40.4 Å². The van der Waals surface area contributed by atoms with Gasteiger partial charge in [0.2, 0.25) is 23.6 Å². The fourth-order valence-corrected chi connectivity index (χ4v) is 8.09. The molecule has 10 atom stereocenters. The summed E-state index contributed by atoms with van der Waals surface area (Å²) in [5.74, 6) is -2.54. The minimum Gasteiger partial charge on any atom is -0.460 e. The Labute approximate surface area is 342 Å². The molecule has 14 nitrogen and oxygen atoms in total. The summed E-state index contributed by atoms with van der Waals surface area (Å²) in [6, 6.07) is 6.34. The SMILES string of the molecule is CC[C@H](C)C([C@@H](CC(=O)N1CCC[C@H]1[C@H](OC)[C@@H](C)C(=O)N[C@@H](Cc1ccccc1)C(=O)OC(C)CN)OC)N(C)C(=O)[C@@H](NC(=O)C(C(C)C)N(C)C)C(C)C. The van der Waals surface area contributed by atoms with E-state index in [1.807, 2.05) is 90.9 Å². The lowest BCUT2D eigenvalue weighted by Gasteiger charge is -2.41. The van der Waals surface area contributed by atoms with Gasteiger partial charge in [-0.2, -0.15) is 0 Å². The van der Waals surface area contributed by atoms with E-state index in [9.17, 15) is 24.0 Å². The quantitative estimate of drug-likeness (QED) is 0.140. The molecule has 1 aromatic rings. The lowest BCUT2D eigenvalue weighted by Crippen LogP contribution is -2.59. The van der Waals surface area contributed by atoms with Crippen LogP contribution in [-0.2, 0) is 44.6 Å². The molecule has 1 aliphatic rings. The number of hydrogen-bond donors (Lipinski definition) is 3. The number of amides is 4. The average Bonchev–Trinajstić information content (AvgIpc) is 3.65. The predicted molar refractivity (Wildman–Crippen MR) is 222 cm³/mol. The molecule has 4 N–H and O–H groups in total. The summed E-state index contributed by atoms with van der Waals surface area (Å²) in [4.78, 5) is 74.4. The van der Waals surface area contributed by atoms with Crippen LogP contribution in [0.1, 0.15) is 86.6 Å². The fourth-order valence-electron chi connectivity index (χ4n) is 8.09. The molecule has 0 radical (unpaired) electrons. The lowest BCUT2D eigenvalue weighted by atomic mass is 9.89. The monoisotopic (exact) mass is 803 g/mol. The van der Waals surface area contributed by atoms with Crippen molar-refractivity contribution in [3.05, 3.63) is 35.9 Å². The van der Waals surface area contributed by atoms with E-state index in [1.54, 1.807) is 37.8 Å². The largest absolute Gasteiger partial charge is 0.460 e. The van der Waals surface area contributed by atoms with Crippen LogP contribution in [0.25, 0.3) is 0 Å². The van der Waals surface area contributed by atoms with Gasteiger partial charge in [0, 0.05) is 40.8 Å². The summed E-state index contributed by atoms with van der Waals surface area (Å²) in [6.45, 7) is 15.9. The van der Waals surface area contributed by atoms with Gasteiger partial charge in [-0.05, 0) is 57.2 Å². The van der Waals surface area contributed by atoms with Crippen molar-refractivity contribution in [2.24, 2.45) is 29.4 Å². The summed E-state index contributed by atoms with van der Waals surface area (Å²) in [6.07, 6.45) is 0.439. The van der Waals surface area contributed by atoms with Gasteiger partial charge >= 0.3 is 5.97 Å². The molecular weight excluding hydrogens is 729 g/mol. The molecule has 1 saturated heterocycles. The summed E-state index contributed by atoms with van der Waals surface area (Å²) in [7, 11) is 8.50. The zero-order chi connectivity index (χ0) is 43.1. The van der Waals surface area contributed by atoms with Crippen LogP contribution in [0.15, 0.2) is 30.3 Å². The number of esters is 1. The smallest absolute Gasteiger partial charge is 0.329 e. The molecule has 57 heavy (non-hydrogen) atoms. The second-order valence-corrected chi connectivity index (χ2v) is 16.7. The molecule has 0 spiro atoms. The number of rotatable bonds is 23. The maximum absolute atomic E-state index is 14.3. The van der Waals surface area contributed by atoms with Crippen molar-refractivity contribution in [3.8, 4) is 0 Å². The molecule has 4 amide bonds. The van der Waals surface area contributed by atoms with Crippen molar-refractivity contribution >= 4 is 29.6 Å². The van der Waals surface area contributed by atoms with E-state index in [0.29, 0.717) is 13.0 Å². The molecule has 2 rings (SSSR count).